The number of hydrogen-bond acceptors (Lipinski definition) is 2. The van der Waals surface area contributed by atoms with Gasteiger partial charge in [-0.2, -0.15) is 0 Å². The van der Waals surface area contributed by atoms with Crippen molar-refractivity contribution in [2.75, 3.05) is 13.6 Å². The van der Waals surface area contributed by atoms with Gasteiger partial charge in [0.1, 0.15) is 0 Å². The zero-order chi connectivity index (χ0) is 12.9. The van der Waals surface area contributed by atoms with Gasteiger partial charge in [0.15, 0.2) is 0 Å². The Morgan fingerprint density at radius 3 is 1.94 bits per heavy atom. The van der Waals surface area contributed by atoms with E-state index in [9.17, 15) is 4.79 Å². The van der Waals surface area contributed by atoms with E-state index in [0.717, 1.165) is 13.0 Å². The minimum absolute atomic E-state index is 0. The lowest BCUT2D eigenvalue weighted by atomic mass is 9.96. The van der Waals surface area contributed by atoms with Gasteiger partial charge in [-0.3, -0.25) is 4.79 Å². The van der Waals surface area contributed by atoms with E-state index in [2.05, 4.69) is 27.7 Å². The second kappa shape index (κ2) is 8.76. The Labute approximate surface area is 113 Å². The molecule has 0 bridgehead atoms. The van der Waals surface area contributed by atoms with Gasteiger partial charge in [0, 0.05) is 25.6 Å². The zero-order valence-corrected chi connectivity index (χ0v) is 12.9. The maximum absolute atomic E-state index is 12.0. The number of amides is 1. The van der Waals surface area contributed by atoms with Crippen LogP contribution >= 0.6 is 12.4 Å². The molecule has 4 heteroatoms. The summed E-state index contributed by atoms with van der Waals surface area (Å²) in [5.41, 5.74) is 5.96. The van der Waals surface area contributed by atoms with Gasteiger partial charge in [0.25, 0.3) is 0 Å². The van der Waals surface area contributed by atoms with E-state index < -0.39 is 0 Å². The van der Waals surface area contributed by atoms with Crippen LogP contribution in [-0.2, 0) is 4.79 Å². The zero-order valence-electron chi connectivity index (χ0n) is 12.1. The summed E-state index contributed by atoms with van der Waals surface area (Å²) in [6.07, 6.45) is 0.880. The summed E-state index contributed by atoms with van der Waals surface area (Å²) >= 11 is 0. The Bertz CT molecular complexity index is 219. The molecule has 0 saturated carbocycles. The monoisotopic (exact) mass is 264 g/mol. The molecular weight excluding hydrogens is 236 g/mol. The lowest BCUT2D eigenvalue weighted by Crippen LogP contribution is -2.38. The summed E-state index contributed by atoms with van der Waals surface area (Å²) < 4.78 is 0. The lowest BCUT2D eigenvalue weighted by molar-refractivity contribution is -0.135. The maximum atomic E-state index is 12.0. The van der Waals surface area contributed by atoms with Crippen LogP contribution in [-0.4, -0.2) is 30.4 Å². The molecule has 0 aliphatic carbocycles. The van der Waals surface area contributed by atoms with Crippen LogP contribution in [0.25, 0.3) is 0 Å². The van der Waals surface area contributed by atoms with Crippen molar-refractivity contribution < 1.29 is 4.79 Å². The van der Waals surface area contributed by atoms with Gasteiger partial charge in [-0.25, -0.2) is 0 Å². The van der Waals surface area contributed by atoms with E-state index in [4.69, 9.17) is 5.73 Å². The van der Waals surface area contributed by atoms with Crippen molar-refractivity contribution >= 4 is 18.3 Å². The standard InChI is InChI=1S/C13H28N2O.ClH/c1-9(2)11(5)13(16)15(6)8-7-12(14)10(3)4;/h9-12H,7-8,14H2,1-6H3;1H. The number of nitrogens with zero attached hydrogens (tertiary/aromatic N) is 1. The van der Waals surface area contributed by atoms with Crippen LogP contribution < -0.4 is 5.73 Å². The highest BCUT2D eigenvalue weighted by atomic mass is 35.5. The van der Waals surface area contributed by atoms with E-state index in [1.807, 2.05) is 18.9 Å². The van der Waals surface area contributed by atoms with Crippen molar-refractivity contribution in [3.8, 4) is 0 Å². The quantitative estimate of drug-likeness (QED) is 0.801. The summed E-state index contributed by atoms with van der Waals surface area (Å²) in [4.78, 5) is 13.8. The molecule has 17 heavy (non-hydrogen) atoms. The minimum atomic E-state index is 0. The number of hydrogen-bond donors (Lipinski definition) is 1. The van der Waals surface area contributed by atoms with Crippen LogP contribution in [0.3, 0.4) is 0 Å². The first kappa shape index (κ1) is 19.1. The first-order valence-electron chi connectivity index (χ1n) is 6.27. The molecular formula is C13H29ClN2O. The highest BCUT2D eigenvalue weighted by molar-refractivity contribution is 5.85. The fraction of sp³-hybridized carbons (Fsp3) is 0.923. The topological polar surface area (TPSA) is 46.3 Å². The second-order valence-electron chi connectivity index (χ2n) is 5.49. The average molecular weight is 265 g/mol. The van der Waals surface area contributed by atoms with Crippen LogP contribution in [0.4, 0.5) is 0 Å². The van der Waals surface area contributed by atoms with Crippen molar-refractivity contribution in [2.45, 2.75) is 47.1 Å². The van der Waals surface area contributed by atoms with Crippen molar-refractivity contribution in [1.29, 1.82) is 0 Å². The molecule has 0 aliphatic heterocycles. The van der Waals surface area contributed by atoms with Gasteiger partial charge in [-0.05, 0) is 18.3 Å². The Morgan fingerprint density at radius 2 is 1.59 bits per heavy atom. The number of halogens is 1. The predicted octanol–water partition coefficient (Wildman–Crippen LogP) is 2.53. The third-order valence-corrected chi connectivity index (χ3v) is 3.42. The molecule has 1 amide bonds. The molecule has 0 aromatic rings. The van der Waals surface area contributed by atoms with Crippen molar-refractivity contribution in [3.63, 3.8) is 0 Å². The summed E-state index contributed by atoms with van der Waals surface area (Å²) in [7, 11) is 1.87. The lowest BCUT2D eigenvalue weighted by Gasteiger charge is -2.25. The van der Waals surface area contributed by atoms with E-state index >= 15 is 0 Å². The predicted molar refractivity (Wildman–Crippen MR) is 76.3 cm³/mol. The fourth-order valence-electron chi connectivity index (χ4n) is 1.42. The molecule has 0 aliphatic rings. The number of carbonyl (C=O) groups excluding carboxylic acids is 1. The van der Waals surface area contributed by atoms with Gasteiger partial charge < -0.3 is 10.6 Å². The number of nitrogens with two attached hydrogens (primary N) is 1. The van der Waals surface area contributed by atoms with E-state index in [0.29, 0.717) is 11.8 Å². The van der Waals surface area contributed by atoms with Crippen molar-refractivity contribution in [3.05, 3.63) is 0 Å². The smallest absolute Gasteiger partial charge is 0.225 e. The Kier molecular flexibility index (Phi) is 9.82. The Hall–Kier alpha value is -0.280. The normalized spacial score (nSPS) is 14.4. The highest BCUT2D eigenvalue weighted by Gasteiger charge is 2.20. The second-order valence-corrected chi connectivity index (χ2v) is 5.49. The average Bonchev–Trinajstić information content (AvgIpc) is 2.22. The molecule has 104 valence electrons. The van der Waals surface area contributed by atoms with E-state index in [1.165, 1.54) is 0 Å². The molecule has 2 unspecified atom stereocenters. The molecule has 0 rings (SSSR count). The Balaban J connectivity index is 0. The first-order valence-corrected chi connectivity index (χ1v) is 6.27. The minimum Gasteiger partial charge on any atom is -0.345 e. The van der Waals surface area contributed by atoms with Gasteiger partial charge in [0.2, 0.25) is 5.91 Å². The molecule has 0 aromatic heterocycles. The largest absolute Gasteiger partial charge is 0.345 e. The summed E-state index contributed by atoms with van der Waals surface area (Å²) in [6, 6.07) is 0.185. The van der Waals surface area contributed by atoms with Gasteiger partial charge in [0.05, 0.1) is 0 Å². The van der Waals surface area contributed by atoms with Crippen molar-refractivity contribution in [2.24, 2.45) is 23.5 Å². The molecule has 0 radical (unpaired) electrons. The highest BCUT2D eigenvalue weighted by Crippen LogP contribution is 2.13. The third-order valence-electron chi connectivity index (χ3n) is 3.42. The Morgan fingerprint density at radius 1 is 1.12 bits per heavy atom. The van der Waals surface area contributed by atoms with Crippen molar-refractivity contribution in [1.82, 2.24) is 4.90 Å². The molecule has 2 atom stereocenters. The molecule has 0 fully saturated rings. The van der Waals surface area contributed by atoms with Crippen LogP contribution in [0, 0.1) is 17.8 Å². The maximum Gasteiger partial charge on any atom is 0.225 e. The summed E-state index contributed by atoms with van der Waals surface area (Å²) in [5.74, 6) is 1.20. The molecule has 0 saturated heterocycles. The summed E-state index contributed by atoms with van der Waals surface area (Å²) in [6.45, 7) is 11.1. The van der Waals surface area contributed by atoms with Crippen LogP contribution in [0.15, 0.2) is 0 Å². The van der Waals surface area contributed by atoms with E-state index in [1.54, 1.807) is 0 Å². The molecule has 2 N–H and O–H groups in total. The van der Waals surface area contributed by atoms with Crippen LogP contribution in [0.1, 0.15) is 41.0 Å². The van der Waals surface area contributed by atoms with Gasteiger partial charge >= 0.3 is 0 Å². The molecule has 0 spiro atoms. The van der Waals surface area contributed by atoms with Crippen LogP contribution in [0.2, 0.25) is 0 Å². The number of rotatable bonds is 6. The van der Waals surface area contributed by atoms with Crippen LogP contribution in [0.5, 0.6) is 0 Å². The van der Waals surface area contributed by atoms with Gasteiger partial charge in [-0.15, -0.1) is 12.4 Å². The van der Waals surface area contributed by atoms with Gasteiger partial charge in [-0.1, -0.05) is 34.6 Å². The fourth-order valence-corrected chi connectivity index (χ4v) is 1.42. The molecule has 0 aromatic carbocycles. The van der Waals surface area contributed by atoms with E-state index in [-0.39, 0.29) is 30.3 Å². The first-order chi connectivity index (χ1) is 7.27. The SMILES string of the molecule is CC(C)C(N)CCN(C)C(=O)C(C)C(C)C.Cl. The molecule has 3 nitrogen and oxygen atoms in total. The third kappa shape index (κ3) is 6.89. The number of carbonyl (C=O) groups is 1. The summed E-state index contributed by atoms with van der Waals surface area (Å²) in [5, 5.41) is 0. The molecule has 0 heterocycles.